The molecule has 0 aromatic heterocycles. The zero-order valence-electron chi connectivity index (χ0n) is 18.9. The number of ether oxygens (including phenoxy) is 2. The molecular weight excluding hydrogens is 382 g/mol. The fourth-order valence-electron chi connectivity index (χ4n) is 5.10. The minimum Gasteiger partial charge on any atom is -0.374 e. The van der Waals surface area contributed by atoms with Gasteiger partial charge in [-0.2, -0.15) is 0 Å². The van der Waals surface area contributed by atoms with Gasteiger partial charge < -0.3 is 9.47 Å². The Morgan fingerprint density at radius 1 is 0.833 bits per heavy atom. The molecule has 2 unspecified atom stereocenters. The van der Waals surface area contributed by atoms with Crippen molar-refractivity contribution < 1.29 is 18.3 Å². The first-order valence-corrected chi connectivity index (χ1v) is 12.2. The van der Waals surface area contributed by atoms with Crippen LogP contribution in [0.3, 0.4) is 0 Å². The Morgan fingerprint density at radius 2 is 1.50 bits per heavy atom. The highest BCUT2D eigenvalue weighted by Gasteiger charge is 2.45. The lowest BCUT2D eigenvalue weighted by molar-refractivity contribution is -0.175. The number of hydrogen-bond acceptors (Lipinski definition) is 2. The minimum atomic E-state index is -2.66. The molecule has 0 amide bonds. The molecule has 2 fully saturated rings. The molecule has 0 saturated heterocycles. The van der Waals surface area contributed by atoms with Crippen LogP contribution in [-0.2, 0) is 22.5 Å². The van der Waals surface area contributed by atoms with E-state index in [9.17, 15) is 8.78 Å². The fourth-order valence-corrected chi connectivity index (χ4v) is 5.10. The van der Waals surface area contributed by atoms with E-state index in [1.165, 1.54) is 17.5 Å². The summed E-state index contributed by atoms with van der Waals surface area (Å²) in [5, 5.41) is 0. The lowest BCUT2D eigenvalue weighted by Gasteiger charge is -2.37. The van der Waals surface area contributed by atoms with E-state index in [2.05, 4.69) is 38.1 Å². The van der Waals surface area contributed by atoms with Crippen LogP contribution in [0.15, 0.2) is 24.3 Å². The zero-order chi connectivity index (χ0) is 21.4. The van der Waals surface area contributed by atoms with E-state index < -0.39 is 12.0 Å². The number of aryl methyl sites for hydroxylation is 1. The largest absolute Gasteiger partial charge is 0.374 e. The van der Waals surface area contributed by atoms with Gasteiger partial charge in [-0.05, 0) is 67.9 Å². The van der Waals surface area contributed by atoms with Crippen LogP contribution in [0.1, 0.15) is 89.2 Å². The maximum absolute atomic E-state index is 14.4. The Kier molecular flexibility index (Phi) is 9.13. The molecular formula is C26H40F2O2. The standard InChI is InChI=1S/C26H40F2O2/c1-3-5-20-7-9-22(10-8-20)18-29-24-14-11-23(12-15-24)19-30-25-16-13-21(6-4-2)17-26(25,27)28/h7-10,21,23-25H,3-6,11-19H2,1-2H3. The summed E-state index contributed by atoms with van der Waals surface area (Å²) in [6, 6.07) is 8.73. The smallest absolute Gasteiger partial charge is 0.274 e. The minimum absolute atomic E-state index is 0.00547. The van der Waals surface area contributed by atoms with Gasteiger partial charge in [0.15, 0.2) is 0 Å². The molecule has 2 aliphatic rings. The van der Waals surface area contributed by atoms with Crippen molar-refractivity contribution in [3.05, 3.63) is 35.4 Å². The summed E-state index contributed by atoms with van der Waals surface area (Å²) in [6.07, 6.45) is 9.01. The van der Waals surface area contributed by atoms with Crippen LogP contribution >= 0.6 is 0 Å². The van der Waals surface area contributed by atoms with Crippen molar-refractivity contribution in [1.29, 1.82) is 0 Å². The van der Waals surface area contributed by atoms with Crippen LogP contribution in [-0.4, -0.2) is 24.7 Å². The molecule has 2 atom stereocenters. The highest BCUT2D eigenvalue weighted by molar-refractivity contribution is 5.22. The van der Waals surface area contributed by atoms with Crippen molar-refractivity contribution >= 4 is 0 Å². The van der Waals surface area contributed by atoms with Gasteiger partial charge in [0.1, 0.15) is 6.10 Å². The fraction of sp³-hybridized carbons (Fsp3) is 0.769. The molecule has 1 aromatic carbocycles. The summed E-state index contributed by atoms with van der Waals surface area (Å²) in [6.45, 7) is 5.40. The predicted molar refractivity (Wildman–Crippen MR) is 118 cm³/mol. The van der Waals surface area contributed by atoms with Gasteiger partial charge in [-0.15, -0.1) is 0 Å². The van der Waals surface area contributed by atoms with E-state index >= 15 is 0 Å². The molecule has 170 valence electrons. The number of alkyl halides is 2. The molecule has 4 heteroatoms. The van der Waals surface area contributed by atoms with Gasteiger partial charge in [0.25, 0.3) is 5.92 Å². The maximum atomic E-state index is 14.4. The van der Waals surface area contributed by atoms with Crippen molar-refractivity contribution in [1.82, 2.24) is 0 Å². The van der Waals surface area contributed by atoms with Crippen molar-refractivity contribution in [3.63, 3.8) is 0 Å². The third-order valence-electron chi connectivity index (χ3n) is 6.94. The quantitative estimate of drug-likeness (QED) is 0.393. The molecule has 2 saturated carbocycles. The average Bonchev–Trinajstić information content (AvgIpc) is 2.73. The third-order valence-corrected chi connectivity index (χ3v) is 6.94. The SMILES string of the molecule is CCCc1ccc(COC2CCC(COC3CCC(CCC)CC3(F)F)CC2)cc1. The highest BCUT2D eigenvalue weighted by atomic mass is 19.3. The first-order valence-electron chi connectivity index (χ1n) is 12.2. The predicted octanol–water partition coefficient (Wildman–Crippen LogP) is 7.34. The summed E-state index contributed by atoms with van der Waals surface area (Å²) < 4.78 is 40.8. The topological polar surface area (TPSA) is 18.5 Å². The lowest BCUT2D eigenvalue weighted by Crippen LogP contribution is -2.42. The molecule has 0 bridgehead atoms. The van der Waals surface area contributed by atoms with E-state index in [-0.39, 0.29) is 18.4 Å². The molecule has 2 aliphatic carbocycles. The molecule has 0 N–H and O–H groups in total. The van der Waals surface area contributed by atoms with E-state index in [1.807, 2.05) is 0 Å². The molecule has 0 aliphatic heterocycles. The molecule has 3 rings (SSSR count). The normalized spacial score (nSPS) is 29.1. The number of benzene rings is 1. The van der Waals surface area contributed by atoms with Gasteiger partial charge in [0.2, 0.25) is 0 Å². The second kappa shape index (κ2) is 11.6. The highest BCUT2D eigenvalue weighted by Crippen LogP contribution is 2.41. The molecule has 0 spiro atoms. The Morgan fingerprint density at radius 3 is 2.13 bits per heavy atom. The summed E-state index contributed by atoms with van der Waals surface area (Å²) in [4.78, 5) is 0. The van der Waals surface area contributed by atoms with Crippen LogP contribution < -0.4 is 0 Å². The zero-order valence-corrected chi connectivity index (χ0v) is 18.9. The Bertz CT molecular complexity index is 608. The average molecular weight is 423 g/mol. The Labute approximate surface area is 181 Å². The molecule has 30 heavy (non-hydrogen) atoms. The Hall–Kier alpha value is -1.00. The van der Waals surface area contributed by atoms with Crippen molar-refractivity contribution in [3.8, 4) is 0 Å². The summed E-state index contributed by atoms with van der Waals surface area (Å²) in [5.74, 6) is -2.10. The van der Waals surface area contributed by atoms with Crippen molar-refractivity contribution in [2.75, 3.05) is 6.61 Å². The van der Waals surface area contributed by atoms with Gasteiger partial charge in [-0.1, -0.05) is 57.4 Å². The first kappa shape index (κ1) is 23.7. The summed E-state index contributed by atoms with van der Waals surface area (Å²) >= 11 is 0. The van der Waals surface area contributed by atoms with Gasteiger partial charge >= 0.3 is 0 Å². The van der Waals surface area contributed by atoms with Gasteiger partial charge in [0.05, 0.1) is 19.3 Å². The van der Waals surface area contributed by atoms with Crippen LogP contribution in [0.4, 0.5) is 8.78 Å². The lowest BCUT2D eigenvalue weighted by atomic mass is 9.82. The number of rotatable bonds is 10. The van der Waals surface area contributed by atoms with Crippen molar-refractivity contribution in [2.24, 2.45) is 11.8 Å². The molecule has 0 radical (unpaired) electrons. The number of hydrogen-bond donors (Lipinski definition) is 0. The first-order chi connectivity index (χ1) is 14.5. The number of halogens is 2. The van der Waals surface area contributed by atoms with Gasteiger partial charge in [-0.3, -0.25) is 0 Å². The van der Waals surface area contributed by atoms with Crippen LogP contribution in [0.25, 0.3) is 0 Å². The molecule has 0 heterocycles. The van der Waals surface area contributed by atoms with E-state index in [0.29, 0.717) is 25.6 Å². The maximum Gasteiger partial charge on any atom is 0.274 e. The second-order valence-electron chi connectivity index (χ2n) is 9.54. The van der Waals surface area contributed by atoms with Crippen LogP contribution in [0, 0.1) is 11.8 Å². The van der Waals surface area contributed by atoms with E-state index in [4.69, 9.17) is 9.47 Å². The van der Waals surface area contributed by atoms with E-state index in [1.54, 1.807) is 0 Å². The van der Waals surface area contributed by atoms with Gasteiger partial charge in [-0.25, -0.2) is 8.78 Å². The van der Waals surface area contributed by atoms with Crippen LogP contribution in [0.5, 0.6) is 0 Å². The van der Waals surface area contributed by atoms with Crippen molar-refractivity contribution in [2.45, 2.75) is 109 Å². The Balaban J connectivity index is 1.33. The molecule has 2 nitrogen and oxygen atoms in total. The molecule has 1 aromatic rings. The third kappa shape index (κ3) is 7.02. The monoisotopic (exact) mass is 422 g/mol. The van der Waals surface area contributed by atoms with E-state index in [0.717, 1.165) is 51.4 Å². The summed E-state index contributed by atoms with van der Waals surface area (Å²) in [7, 11) is 0. The van der Waals surface area contributed by atoms with Gasteiger partial charge in [0, 0.05) is 6.42 Å². The second-order valence-corrected chi connectivity index (χ2v) is 9.54. The van der Waals surface area contributed by atoms with Crippen LogP contribution in [0.2, 0.25) is 0 Å². The summed E-state index contributed by atoms with van der Waals surface area (Å²) in [5.41, 5.74) is 2.60.